The Balaban J connectivity index is 2.06. The first-order chi connectivity index (χ1) is 14.1. The molecule has 0 aliphatic heterocycles. The second-order valence-electron chi connectivity index (χ2n) is 6.26. The van der Waals surface area contributed by atoms with Crippen molar-refractivity contribution in [3.05, 3.63) is 52.3 Å². The van der Waals surface area contributed by atoms with E-state index < -0.39 is 32.8 Å². The van der Waals surface area contributed by atoms with Gasteiger partial charge in [0.2, 0.25) is 5.95 Å². The number of anilines is 1. The quantitative estimate of drug-likeness (QED) is 0.254. The van der Waals surface area contributed by atoms with Gasteiger partial charge in [-0.15, -0.1) is 0 Å². The van der Waals surface area contributed by atoms with Crippen molar-refractivity contribution in [2.75, 3.05) is 23.9 Å². The van der Waals surface area contributed by atoms with E-state index in [9.17, 15) is 26.8 Å². The number of hydrogen-bond donors (Lipinski definition) is 4. The molecular weight excluding hydrogens is 447 g/mol. The third-order valence-corrected chi connectivity index (χ3v) is 5.17. The Morgan fingerprint density at radius 1 is 1.27 bits per heavy atom. The lowest BCUT2D eigenvalue weighted by Crippen LogP contribution is -2.21. The molecule has 3 rings (SSSR count). The van der Waals surface area contributed by atoms with Gasteiger partial charge in [0.1, 0.15) is 21.2 Å². The SMILES string of the molecule is CS(=O)(=O)CCNc1nc2c(F)c(F)cc(C(=Nc3ccc(F)c(Cl)c3)NO)c2[nH]1. The number of H-pyrrole nitrogens is 1. The van der Waals surface area contributed by atoms with E-state index in [0.717, 1.165) is 18.4 Å². The molecule has 0 bridgehead atoms. The molecule has 0 atom stereocenters. The van der Waals surface area contributed by atoms with Gasteiger partial charge in [0.25, 0.3) is 0 Å². The molecule has 2 aromatic carbocycles. The van der Waals surface area contributed by atoms with E-state index in [1.54, 1.807) is 5.48 Å². The molecule has 1 heterocycles. The Kier molecular flexibility index (Phi) is 6.19. The molecule has 0 saturated heterocycles. The molecule has 0 fully saturated rings. The lowest BCUT2D eigenvalue weighted by Gasteiger charge is -2.08. The largest absolute Gasteiger partial charge is 0.355 e. The fourth-order valence-corrected chi connectivity index (χ4v) is 3.20. The van der Waals surface area contributed by atoms with Gasteiger partial charge in [-0.3, -0.25) is 10.7 Å². The number of nitrogens with one attached hydrogen (secondary N) is 3. The van der Waals surface area contributed by atoms with Crippen LogP contribution in [-0.4, -0.2) is 48.0 Å². The number of sulfone groups is 1. The smallest absolute Gasteiger partial charge is 0.201 e. The van der Waals surface area contributed by atoms with Gasteiger partial charge in [-0.2, -0.15) is 0 Å². The molecule has 0 radical (unpaired) electrons. The topological polar surface area (TPSA) is 119 Å². The lowest BCUT2D eigenvalue weighted by molar-refractivity contribution is 0.235. The third-order valence-electron chi connectivity index (χ3n) is 3.93. The van der Waals surface area contributed by atoms with E-state index in [1.807, 2.05) is 0 Å². The van der Waals surface area contributed by atoms with Crippen LogP contribution in [0.2, 0.25) is 5.02 Å². The Labute approximate surface area is 173 Å². The first-order valence-electron chi connectivity index (χ1n) is 8.32. The number of aromatic nitrogens is 2. The Morgan fingerprint density at radius 2 is 2.00 bits per heavy atom. The number of fused-ring (bicyclic) bond motifs is 1. The highest BCUT2D eigenvalue weighted by molar-refractivity contribution is 7.90. The van der Waals surface area contributed by atoms with Crippen LogP contribution in [0.25, 0.3) is 11.0 Å². The summed E-state index contributed by atoms with van der Waals surface area (Å²) in [6.07, 6.45) is 1.05. The summed E-state index contributed by atoms with van der Waals surface area (Å²) < 4.78 is 64.1. The minimum absolute atomic E-state index is 0.0125. The highest BCUT2D eigenvalue weighted by atomic mass is 35.5. The normalized spacial score (nSPS) is 12.4. The molecule has 3 aromatic rings. The minimum Gasteiger partial charge on any atom is -0.355 e. The standard InChI is InChI=1S/C17H15ClF3N5O3S/c1-30(28,29)5-4-22-17-24-14-9(7-12(20)13(21)15(14)25-17)16(26-27)23-8-2-3-11(19)10(18)6-8/h2-3,6-7,27H,4-5H2,1H3,(H,23,26)(H2,22,24,25). The average molecular weight is 462 g/mol. The van der Waals surface area contributed by atoms with Gasteiger partial charge in [-0.25, -0.2) is 31.6 Å². The van der Waals surface area contributed by atoms with Crippen molar-refractivity contribution in [3.63, 3.8) is 0 Å². The van der Waals surface area contributed by atoms with E-state index in [1.165, 1.54) is 12.1 Å². The van der Waals surface area contributed by atoms with Crippen LogP contribution in [0.4, 0.5) is 24.8 Å². The summed E-state index contributed by atoms with van der Waals surface area (Å²) in [6.45, 7) is -0.0225. The van der Waals surface area contributed by atoms with Crippen molar-refractivity contribution >= 4 is 49.9 Å². The molecule has 30 heavy (non-hydrogen) atoms. The number of benzene rings is 2. The van der Waals surface area contributed by atoms with Gasteiger partial charge in [0, 0.05) is 18.4 Å². The van der Waals surface area contributed by atoms with Gasteiger partial charge in [-0.1, -0.05) is 11.6 Å². The van der Waals surface area contributed by atoms with E-state index >= 15 is 0 Å². The van der Waals surface area contributed by atoms with Crippen molar-refractivity contribution in [1.29, 1.82) is 0 Å². The Bertz CT molecular complexity index is 1250. The fraction of sp³-hybridized carbons (Fsp3) is 0.176. The van der Waals surface area contributed by atoms with Crippen LogP contribution in [0.1, 0.15) is 5.56 Å². The zero-order valence-electron chi connectivity index (χ0n) is 15.3. The van der Waals surface area contributed by atoms with Gasteiger partial charge in [-0.05, 0) is 24.3 Å². The molecule has 0 amide bonds. The maximum absolute atomic E-state index is 14.2. The minimum atomic E-state index is -3.24. The number of aliphatic imine (C=N–C) groups is 1. The van der Waals surface area contributed by atoms with Crippen LogP contribution in [0.3, 0.4) is 0 Å². The molecule has 0 spiro atoms. The number of hydroxylamine groups is 1. The molecule has 0 unspecified atom stereocenters. The van der Waals surface area contributed by atoms with Gasteiger partial charge in [0.15, 0.2) is 17.5 Å². The first-order valence-corrected chi connectivity index (χ1v) is 10.8. The van der Waals surface area contributed by atoms with Crippen molar-refractivity contribution in [2.24, 2.45) is 4.99 Å². The predicted octanol–water partition coefficient (Wildman–Crippen LogP) is 3.15. The summed E-state index contributed by atoms with van der Waals surface area (Å²) >= 11 is 5.71. The van der Waals surface area contributed by atoms with E-state index in [2.05, 4.69) is 20.3 Å². The number of halogens is 4. The summed E-state index contributed by atoms with van der Waals surface area (Å²) in [5, 5.41) is 11.9. The highest BCUT2D eigenvalue weighted by Crippen LogP contribution is 2.27. The number of aromatic amines is 1. The van der Waals surface area contributed by atoms with Gasteiger partial charge >= 0.3 is 0 Å². The summed E-state index contributed by atoms with van der Waals surface area (Å²) in [6, 6.07) is 4.28. The van der Waals surface area contributed by atoms with Crippen LogP contribution in [0.5, 0.6) is 0 Å². The number of rotatable bonds is 6. The summed E-state index contributed by atoms with van der Waals surface area (Å²) in [7, 11) is -3.24. The molecule has 1 aromatic heterocycles. The van der Waals surface area contributed by atoms with Crippen LogP contribution in [0, 0.1) is 17.5 Å². The highest BCUT2D eigenvalue weighted by Gasteiger charge is 2.20. The van der Waals surface area contributed by atoms with Crippen molar-refractivity contribution in [2.45, 2.75) is 0 Å². The Hall–Kier alpha value is -2.83. The summed E-state index contributed by atoms with van der Waals surface area (Å²) in [4.78, 5) is 10.6. The van der Waals surface area contributed by atoms with Crippen LogP contribution in [-0.2, 0) is 9.84 Å². The number of imidazole rings is 1. The fourth-order valence-electron chi connectivity index (χ4n) is 2.56. The maximum Gasteiger partial charge on any atom is 0.201 e. The van der Waals surface area contributed by atoms with E-state index in [0.29, 0.717) is 0 Å². The summed E-state index contributed by atoms with van der Waals surface area (Å²) in [5.41, 5.74) is 1.41. The molecule has 4 N–H and O–H groups in total. The van der Waals surface area contributed by atoms with Crippen LogP contribution < -0.4 is 10.8 Å². The predicted molar refractivity (Wildman–Crippen MR) is 107 cm³/mol. The average Bonchev–Trinajstić information content (AvgIpc) is 3.09. The maximum atomic E-state index is 14.2. The van der Waals surface area contributed by atoms with Gasteiger partial charge < -0.3 is 10.3 Å². The second-order valence-corrected chi connectivity index (χ2v) is 8.92. The molecule has 8 nitrogen and oxygen atoms in total. The molecular formula is C17H15ClF3N5O3S. The van der Waals surface area contributed by atoms with Crippen molar-refractivity contribution in [1.82, 2.24) is 15.4 Å². The van der Waals surface area contributed by atoms with Crippen molar-refractivity contribution < 1.29 is 26.8 Å². The number of amidine groups is 1. The molecule has 13 heteroatoms. The number of nitrogens with zero attached hydrogens (tertiary/aromatic N) is 2. The first kappa shape index (κ1) is 21.9. The van der Waals surface area contributed by atoms with Crippen LogP contribution >= 0.6 is 11.6 Å². The second kappa shape index (κ2) is 8.50. The Morgan fingerprint density at radius 3 is 2.63 bits per heavy atom. The zero-order chi connectivity index (χ0) is 22.1. The number of hydrogen-bond acceptors (Lipinski definition) is 6. The lowest BCUT2D eigenvalue weighted by atomic mass is 10.1. The van der Waals surface area contributed by atoms with E-state index in [-0.39, 0.29) is 45.9 Å². The zero-order valence-corrected chi connectivity index (χ0v) is 16.9. The molecule has 0 aliphatic rings. The molecule has 0 aliphatic carbocycles. The summed E-state index contributed by atoms with van der Waals surface area (Å²) in [5.74, 6) is -3.70. The monoisotopic (exact) mass is 461 g/mol. The van der Waals surface area contributed by atoms with Gasteiger partial charge in [0.05, 0.1) is 22.0 Å². The van der Waals surface area contributed by atoms with Crippen molar-refractivity contribution in [3.8, 4) is 0 Å². The van der Waals surface area contributed by atoms with E-state index in [4.69, 9.17) is 11.6 Å². The third kappa shape index (κ3) is 4.83. The molecule has 160 valence electrons. The molecule has 0 saturated carbocycles. The van der Waals surface area contributed by atoms with Crippen LogP contribution in [0.15, 0.2) is 29.3 Å².